The van der Waals surface area contributed by atoms with Crippen LogP contribution < -0.4 is 9.64 Å². The molecule has 180 valence electrons. The summed E-state index contributed by atoms with van der Waals surface area (Å²) in [7, 11) is 0. The molecule has 0 saturated carbocycles. The molecule has 0 radical (unpaired) electrons. The van der Waals surface area contributed by atoms with Crippen molar-refractivity contribution in [2.24, 2.45) is 0 Å². The molecule has 10 nitrogen and oxygen atoms in total. The Balaban J connectivity index is 1.49. The first-order valence-corrected chi connectivity index (χ1v) is 11.5. The van der Waals surface area contributed by atoms with Gasteiger partial charge in [-0.05, 0) is 43.5 Å². The smallest absolute Gasteiger partial charge is 0.421 e. The number of hydrogen-bond donors (Lipinski definition) is 2. The van der Waals surface area contributed by atoms with Gasteiger partial charge in [-0.25, -0.2) is 9.59 Å². The number of carboxylic acid groups (broad SMARTS) is 1. The second-order valence-corrected chi connectivity index (χ2v) is 8.22. The third kappa shape index (κ3) is 6.01. The third-order valence-electron chi connectivity index (χ3n) is 5.96. The van der Waals surface area contributed by atoms with Crippen LogP contribution in [0.3, 0.4) is 0 Å². The van der Waals surface area contributed by atoms with Gasteiger partial charge >= 0.3 is 12.1 Å². The van der Waals surface area contributed by atoms with Gasteiger partial charge in [0, 0.05) is 31.8 Å². The van der Waals surface area contributed by atoms with Crippen molar-refractivity contribution in [3.8, 4) is 5.75 Å². The van der Waals surface area contributed by atoms with Crippen LogP contribution in [0.25, 0.3) is 0 Å². The normalized spacial score (nSPS) is 18.9. The number of benzene rings is 1. The van der Waals surface area contributed by atoms with Gasteiger partial charge in [0.25, 0.3) is 5.91 Å². The topological polar surface area (TPSA) is 128 Å². The minimum absolute atomic E-state index is 0.0960. The highest BCUT2D eigenvalue weighted by molar-refractivity contribution is 6.12. The zero-order valence-electron chi connectivity index (χ0n) is 18.6. The highest BCUT2D eigenvalue weighted by Crippen LogP contribution is 2.27. The first-order chi connectivity index (χ1) is 15.9. The molecule has 0 spiro atoms. The summed E-state index contributed by atoms with van der Waals surface area (Å²) in [5.41, 5.74) is 0.660. The lowest BCUT2D eigenvalue weighted by Gasteiger charge is -2.32. The monoisotopic (exact) mass is 461 g/mol. The molecule has 1 atom stereocenters. The number of nitrogens with zero attached hydrogens (tertiary/aromatic N) is 3. The fraction of sp³-hybridized carbons (Fsp3) is 0.565. The highest BCUT2D eigenvalue weighted by atomic mass is 16.5. The van der Waals surface area contributed by atoms with E-state index >= 15 is 0 Å². The van der Waals surface area contributed by atoms with E-state index in [1.54, 1.807) is 24.3 Å². The second kappa shape index (κ2) is 11.6. The standard InChI is InChI=1S/C23H31N3O7/c27-15-5-3-1-2-4-6-16-33-18-9-7-17(8-10-18)24-13-14-25(22(24)30)19-11-12-20(28)26(21(19)29)23(31)32/h7-10,19,27H,1-6,11-16H2,(H,31,32). The predicted molar refractivity (Wildman–Crippen MR) is 119 cm³/mol. The molecule has 1 unspecified atom stereocenters. The van der Waals surface area contributed by atoms with Crippen LogP contribution in [0.1, 0.15) is 51.4 Å². The average Bonchev–Trinajstić information content (AvgIpc) is 3.17. The Bertz CT molecular complexity index is 858. The Labute approximate surface area is 192 Å². The van der Waals surface area contributed by atoms with E-state index in [1.807, 2.05) is 0 Å². The summed E-state index contributed by atoms with van der Waals surface area (Å²) in [6.45, 7) is 1.50. The van der Waals surface area contributed by atoms with Crippen LogP contribution in [0, 0.1) is 0 Å². The van der Waals surface area contributed by atoms with Crippen molar-refractivity contribution in [1.29, 1.82) is 0 Å². The molecule has 2 N–H and O–H groups in total. The lowest BCUT2D eigenvalue weighted by molar-refractivity contribution is -0.148. The summed E-state index contributed by atoms with van der Waals surface area (Å²) in [5.74, 6) is -0.920. The number of imide groups is 3. The van der Waals surface area contributed by atoms with Crippen molar-refractivity contribution < 1.29 is 34.1 Å². The molecule has 2 aliphatic heterocycles. The van der Waals surface area contributed by atoms with Crippen molar-refractivity contribution in [3.05, 3.63) is 24.3 Å². The van der Waals surface area contributed by atoms with Gasteiger partial charge in [-0.3, -0.25) is 14.5 Å². The molecule has 33 heavy (non-hydrogen) atoms. The van der Waals surface area contributed by atoms with Crippen LogP contribution in [-0.2, 0) is 9.59 Å². The van der Waals surface area contributed by atoms with E-state index in [1.165, 1.54) is 9.80 Å². The SMILES string of the molecule is O=C(O)N1C(=O)CCC(N2CCN(c3ccc(OCCCCCCCCO)cc3)C2=O)C1=O. The van der Waals surface area contributed by atoms with E-state index in [0.29, 0.717) is 24.6 Å². The average molecular weight is 462 g/mol. The Morgan fingerprint density at radius 2 is 1.64 bits per heavy atom. The fourth-order valence-corrected chi connectivity index (χ4v) is 4.17. The molecule has 2 aliphatic rings. The van der Waals surface area contributed by atoms with E-state index < -0.39 is 23.9 Å². The molecule has 10 heteroatoms. The number of carbonyl (C=O) groups excluding carboxylic acids is 3. The number of rotatable bonds is 11. The van der Waals surface area contributed by atoms with Crippen LogP contribution in [0.5, 0.6) is 5.75 Å². The molecule has 2 heterocycles. The molecule has 3 rings (SSSR count). The molecule has 1 aromatic rings. The number of carbonyl (C=O) groups is 4. The number of amides is 5. The lowest BCUT2D eigenvalue weighted by atomic mass is 10.0. The molecule has 0 aliphatic carbocycles. The summed E-state index contributed by atoms with van der Waals surface area (Å²) in [6.07, 6.45) is 4.59. The Kier molecular flexibility index (Phi) is 8.65. The highest BCUT2D eigenvalue weighted by Gasteiger charge is 2.45. The zero-order chi connectivity index (χ0) is 23.8. The number of hydrogen-bond acceptors (Lipinski definition) is 6. The molecule has 2 fully saturated rings. The van der Waals surface area contributed by atoms with Gasteiger partial charge in [0.15, 0.2) is 0 Å². The second-order valence-electron chi connectivity index (χ2n) is 8.22. The van der Waals surface area contributed by atoms with Crippen LogP contribution >= 0.6 is 0 Å². The Morgan fingerprint density at radius 3 is 2.30 bits per heavy atom. The Morgan fingerprint density at radius 1 is 0.970 bits per heavy atom. The molecular formula is C23H31N3O7. The number of unbranched alkanes of at least 4 members (excludes halogenated alkanes) is 5. The number of aliphatic hydroxyl groups excluding tert-OH is 1. The maximum Gasteiger partial charge on any atom is 0.421 e. The Hall–Kier alpha value is -3.14. The number of anilines is 1. The van der Waals surface area contributed by atoms with Gasteiger partial charge in [-0.1, -0.05) is 25.7 Å². The van der Waals surface area contributed by atoms with E-state index in [9.17, 15) is 19.2 Å². The minimum atomic E-state index is -1.62. The van der Waals surface area contributed by atoms with E-state index in [0.717, 1.165) is 38.5 Å². The van der Waals surface area contributed by atoms with Crippen molar-refractivity contribution in [2.45, 2.75) is 57.4 Å². The maximum absolute atomic E-state index is 12.9. The molecule has 2 saturated heterocycles. The van der Waals surface area contributed by atoms with Crippen LogP contribution in [-0.4, -0.2) is 76.3 Å². The lowest BCUT2D eigenvalue weighted by Crippen LogP contribution is -2.56. The number of ether oxygens (including phenoxy) is 1. The predicted octanol–water partition coefficient (Wildman–Crippen LogP) is 2.84. The van der Waals surface area contributed by atoms with Crippen LogP contribution in [0.2, 0.25) is 0 Å². The first-order valence-electron chi connectivity index (χ1n) is 11.5. The third-order valence-corrected chi connectivity index (χ3v) is 5.96. The first kappa shape index (κ1) is 24.5. The van der Waals surface area contributed by atoms with Gasteiger partial charge in [-0.15, -0.1) is 0 Å². The number of urea groups is 1. The zero-order valence-corrected chi connectivity index (χ0v) is 18.6. The molecule has 5 amide bonds. The van der Waals surface area contributed by atoms with Crippen LogP contribution in [0.15, 0.2) is 24.3 Å². The van der Waals surface area contributed by atoms with E-state index in [4.69, 9.17) is 14.9 Å². The maximum atomic E-state index is 12.9. The number of likely N-dealkylation sites (tertiary alicyclic amines) is 1. The molecule has 0 bridgehead atoms. The van der Waals surface area contributed by atoms with Crippen molar-refractivity contribution >= 4 is 29.6 Å². The number of aliphatic hydroxyl groups is 1. The summed E-state index contributed by atoms with van der Waals surface area (Å²) in [6, 6.07) is 5.81. The van der Waals surface area contributed by atoms with Gasteiger partial charge < -0.3 is 19.8 Å². The fourth-order valence-electron chi connectivity index (χ4n) is 4.17. The van der Waals surface area contributed by atoms with Crippen LogP contribution in [0.4, 0.5) is 15.3 Å². The van der Waals surface area contributed by atoms with Gasteiger partial charge in [0.2, 0.25) is 5.91 Å². The summed E-state index contributed by atoms with van der Waals surface area (Å²) < 4.78 is 5.76. The largest absolute Gasteiger partial charge is 0.494 e. The van der Waals surface area contributed by atoms with E-state index in [-0.39, 0.29) is 36.9 Å². The summed E-state index contributed by atoms with van der Waals surface area (Å²) in [5, 5.41) is 17.9. The van der Waals surface area contributed by atoms with Crippen molar-refractivity contribution in [3.63, 3.8) is 0 Å². The van der Waals surface area contributed by atoms with Gasteiger partial charge in [0.1, 0.15) is 11.8 Å². The molecule has 1 aromatic carbocycles. The van der Waals surface area contributed by atoms with Crippen molar-refractivity contribution in [2.75, 3.05) is 31.2 Å². The molecular weight excluding hydrogens is 430 g/mol. The summed E-state index contributed by atoms with van der Waals surface area (Å²) in [4.78, 5) is 51.5. The van der Waals surface area contributed by atoms with Gasteiger partial charge in [-0.2, -0.15) is 4.90 Å². The minimum Gasteiger partial charge on any atom is -0.494 e. The molecule has 0 aromatic heterocycles. The van der Waals surface area contributed by atoms with Gasteiger partial charge in [0.05, 0.1) is 6.61 Å². The van der Waals surface area contributed by atoms with Crippen molar-refractivity contribution in [1.82, 2.24) is 9.80 Å². The number of piperidine rings is 1. The summed E-state index contributed by atoms with van der Waals surface area (Å²) >= 11 is 0. The van der Waals surface area contributed by atoms with E-state index in [2.05, 4.69) is 0 Å². The quantitative estimate of drug-likeness (QED) is 0.383.